The van der Waals surface area contributed by atoms with Crippen molar-refractivity contribution in [1.82, 2.24) is 14.8 Å². The molecule has 28 heavy (non-hydrogen) atoms. The maximum absolute atomic E-state index is 14.7. The Hall–Kier alpha value is -3.48. The number of hydrogen-bond donors (Lipinski definition) is 2. The SMILES string of the molecule is O=C1CCCC2=C1C(c1ccccc1F)n1nc(-c3ccc(O)cc3)nc1N2. The number of phenols is 1. The van der Waals surface area contributed by atoms with Crippen LogP contribution in [0.15, 0.2) is 59.8 Å². The number of aromatic hydroxyl groups is 1. The average molecular weight is 376 g/mol. The van der Waals surface area contributed by atoms with Crippen molar-refractivity contribution >= 4 is 11.7 Å². The van der Waals surface area contributed by atoms with Gasteiger partial charge in [0.15, 0.2) is 11.6 Å². The topological polar surface area (TPSA) is 80.0 Å². The Morgan fingerprint density at radius 1 is 1.11 bits per heavy atom. The van der Waals surface area contributed by atoms with E-state index in [9.17, 15) is 14.3 Å². The zero-order valence-electron chi connectivity index (χ0n) is 14.9. The molecule has 2 N–H and O–H groups in total. The van der Waals surface area contributed by atoms with E-state index in [0.29, 0.717) is 35.8 Å². The fourth-order valence-corrected chi connectivity index (χ4v) is 3.87. The Balaban J connectivity index is 1.69. The fraction of sp³-hybridized carbons (Fsp3) is 0.190. The summed E-state index contributed by atoms with van der Waals surface area (Å²) in [5.74, 6) is 0.695. The van der Waals surface area contributed by atoms with E-state index in [1.165, 1.54) is 6.07 Å². The van der Waals surface area contributed by atoms with Crippen molar-refractivity contribution in [1.29, 1.82) is 0 Å². The molecule has 0 bridgehead atoms. The number of phenolic OH excluding ortho intramolecular Hbond substituents is 1. The van der Waals surface area contributed by atoms with Crippen molar-refractivity contribution < 1.29 is 14.3 Å². The number of Topliss-reactive ketones (excluding diaryl/α,β-unsaturated/α-hetero) is 1. The zero-order valence-corrected chi connectivity index (χ0v) is 14.9. The maximum Gasteiger partial charge on any atom is 0.226 e. The lowest BCUT2D eigenvalue weighted by atomic mass is 9.85. The maximum atomic E-state index is 14.7. The molecule has 0 radical (unpaired) electrons. The summed E-state index contributed by atoms with van der Waals surface area (Å²) in [7, 11) is 0. The van der Waals surface area contributed by atoms with Crippen molar-refractivity contribution in [2.24, 2.45) is 0 Å². The first kappa shape index (κ1) is 16.7. The Bertz CT molecular complexity index is 1120. The number of rotatable bonds is 2. The number of hydrogen-bond acceptors (Lipinski definition) is 5. The van der Waals surface area contributed by atoms with Crippen LogP contribution in [0.1, 0.15) is 30.9 Å². The molecule has 0 amide bonds. The molecular formula is C21H17FN4O2. The van der Waals surface area contributed by atoms with Crippen LogP contribution >= 0.6 is 0 Å². The molecule has 1 aliphatic carbocycles. The van der Waals surface area contributed by atoms with E-state index in [4.69, 9.17) is 0 Å². The minimum atomic E-state index is -0.654. The largest absolute Gasteiger partial charge is 0.508 e. The van der Waals surface area contributed by atoms with Crippen LogP contribution in [0.5, 0.6) is 5.75 Å². The van der Waals surface area contributed by atoms with Gasteiger partial charge in [0.05, 0.1) is 0 Å². The molecule has 1 unspecified atom stereocenters. The number of carbonyl (C=O) groups is 1. The highest BCUT2D eigenvalue weighted by atomic mass is 19.1. The van der Waals surface area contributed by atoms with Crippen molar-refractivity contribution in [3.63, 3.8) is 0 Å². The summed E-state index contributed by atoms with van der Waals surface area (Å²) in [5, 5.41) is 17.3. The van der Waals surface area contributed by atoms with Crippen LogP contribution in [0, 0.1) is 5.82 Å². The van der Waals surface area contributed by atoms with Crippen LogP contribution in [0.3, 0.4) is 0 Å². The monoisotopic (exact) mass is 376 g/mol. The summed E-state index contributed by atoms with van der Waals surface area (Å²) >= 11 is 0. The van der Waals surface area contributed by atoms with Gasteiger partial charge in [0.2, 0.25) is 5.95 Å². The van der Waals surface area contributed by atoms with Gasteiger partial charge >= 0.3 is 0 Å². The third kappa shape index (κ3) is 2.58. The Labute approximate surface area is 160 Å². The molecule has 140 valence electrons. The van der Waals surface area contributed by atoms with Gasteiger partial charge in [-0.3, -0.25) is 4.79 Å². The molecule has 0 fully saturated rings. The van der Waals surface area contributed by atoms with Gasteiger partial charge in [0, 0.05) is 28.8 Å². The number of anilines is 1. The number of halogens is 1. The second-order valence-corrected chi connectivity index (χ2v) is 6.97. The predicted octanol–water partition coefficient (Wildman–Crippen LogP) is 3.81. The minimum Gasteiger partial charge on any atom is -0.508 e. The lowest BCUT2D eigenvalue weighted by molar-refractivity contribution is -0.116. The summed E-state index contributed by atoms with van der Waals surface area (Å²) in [4.78, 5) is 17.3. The molecule has 2 heterocycles. The molecule has 0 spiro atoms. The molecule has 2 aliphatic rings. The molecule has 1 atom stereocenters. The highest BCUT2D eigenvalue weighted by molar-refractivity contribution is 5.99. The average Bonchev–Trinajstić information content (AvgIpc) is 3.11. The number of nitrogens with one attached hydrogen (secondary N) is 1. The quantitative estimate of drug-likeness (QED) is 0.711. The summed E-state index contributed by atoms with van der Waals surface area (Å²) < 4.78 is 16.3. The number of allylic oxidation sites excluding steroid dienone is 2. The summed E-state index contributed by atoms with van der Waals surface area (Å²) in [5.41, 5.74) is 2.47. The lowest BCUT2D eigenvalue weighted by Gasteiger charge is -2.32. The van der Waals surface area contributed by atoms with Gasteiger partial charge in [-0.25, -0.2) is 9.07 Å². The number of fused-ring (bicyclic) bond motifs is 1. The van der Waals surface area contributed by atoms with Crippen LogP contribution in [-0.2, 0) is 4.79 Å². The molecular weight excluding hydrogens is 359 g/mol. The molecule has 2 aromatic carbocycles. The molecule has 3 aromatic rings. The van der Waals surface area contributed by atoms with Crippen LogP contribution in [0.25, 0.3) is 11.4 Å². The zero-order chi connectivity index (χ0) is 19.3. The molecule has 1 aromatic heterocycles. The van der Waals surface area contributed by atoms with Crippen LogP contribution in [-0.4, -0.2) is 25.7 Å². The van der Waals surface area contributed by atoms with Gasteiger partial charge in [-0.05, 0) is 43.2 Å². The highest BCUT2D eigenvalue weighted by Gasteiger charge is 2.37. The fourth-order valence-electron chi connectivity index (χ4n) is 3.87. The van der Waals surface area contributed by atoms with Crippen LogP contribution in [0.4, 0.5) is 10.3 Å². The van der Waals surface area contributed by atoms with Gasteiger partial charge in [-0.15, -0.1) is 5.10 Å². The molecule has 1 aliphatic heterocycles. The van der Waals surface area contributed by atoms with Gasteiger partial charge in [-0.1, -0.05) is 18.2 Å². The highest BCUT2D eigenvalue weighted by Crippen LogP contribution is 2.41. The number of aromatic nitrogens is 3. The van der Waals surface area contributed by atoms with Gasteiger partial charge in [0.25, 0.3) is 0 Å². The first-order valence-corrected chi connectivity index (χ1v) is 9.15. The van der Waals surface area contributed by atoms with E-state index in [2.05, 4.69) is 15.4 Å². The first-order chi connectivity index (χ1) is 13.6. The van der Waals surface area contributed by atoms with Gasteiger partial charge in [-0.2, -0.15) is 4.98 Å². The number of benzene rings is 2. The molecule has 0 saturated heterocycles. The number of ketones is 1. The molecule has 7 heteroatoms. The molecule has 5 rings (SSSR count). The molecule has 0 saturated carbocycles. The van der Waals surface area contributed by atoms with Crippen molar-refractivity contribution in [3.8, 4) is 17.1 Å². The summed E-state index contributed by atoms with van der Waals surface area (Å²) in [6.45, 7) is 0. The Morgan fingerprint density at radius 2 is 1.89 bits per heavy atom. The van der Waals surface area contributed by atoms with Crippen LogP contribution in [0.2, 0.25) is 0 Å². The standard InChI is InChI=1S/C21H17FN4O2/c22-15-5-2-1-4-14(15)19-18-16(6-3-7-17(18)28)23-21-24-20(25-26(19)21)12-8-10-13(27)11-9-12/h1-2,4-5,8-11,19,27H,3,6-7H2,(H,23,24,25). The smallest absolute Gasteiger partial charge is 0.226 e. The third-order valence-electron chi connectivity index (χ3n) is 5.19. The van der Waals surface area contributed by atoms with E-state index in [1.54, 1.807) is 47.1 Å². The predicted molar refractivity (Wildman–Crippen MR) is 101 cm³/mol. The lowest BCUT2D eigenvalue weighted by Crippen LogP contribution is -2.32. The number of nitrogens with zero attached hydrogens (tertiary/aromatic N) is 3. The van der Waals surface area contributed by atoms with E-state index in [0.717, 1.165) is 17.7 Å². The molecule has 6 nitrogen and oxygen atoms in total. The van der Waals surface area contributed by atoms with E-state index in [1.807, 2.05) is 0 Å². The second kappa shape index (κ2) is 6.30. The number of carbonyl (C=O) groups excluding carboxylic acids is 1. The van der Waals surface area contributed by atoms with E-state index < -0.39 is 6.04 Å². The third-order valence-corrected chi connectivity index (χ3v) is 5.19. The van der Waals surface area contributed by atoms with E-state index >= 15 is 0 Å². The van der Waals surface area contributed by atoms with Crippen molar-refractivity contribution in [2.75, 3.05) is 5.32 Å². The van der Waals surface area contributed by atoms with E-state index in [-0.39, 0.29) is 17.3 Å². The van der Waals surface area contributed by atoms with Crippen molar-refractivity contribution in [3.05, 3.63) is 71.2 Å². The normalized spacial score (nSPS) is 18.5. The van der Waals surface area contributed by atoms with Crippen molar-refractivity contribution in [2.45, 2.75) is 25.3 Å². The summed E-state index contributed by atoms with van der Waals surface area (Å²) in [6.07, 6.45) is 1.92. The Kier molecular flexibility index (Phi) is 3.75. The Morgan fingerprint density at radius 3 is 2.68 bits per heavy atom. The summed E-state index contributed by atoms with van der Waals surface area (Å²) in [6, 6.07) is 12.4. The van der Waals surface area contributed by atoms with Gasteiger partial charge in [0.1, 0.15) is 17.6 Å². The second-order valence-electron chi connectivity index (χ2n) is 6.97. The first-order valence-electron chi connectivity index (χ1n) is 9.15. The minimum absolute atomic E-state index is 0.00864. The van der Waals surface area contributed by atoms with Crippen LogP contribution < -0.4 is 5.32 Å². The van der Waals surface area contributed by atoms with Gasteiger partial charge < -0.3 is 10.4 Å².